The molecule has 0 amide bonds. The summed E-state index contributed by atoms with van der Waals surface area (Å²) in [4.78, 5) is 35.5. The van der Waals surface area contributed by atoms with Gasteiger partial charge < -0.3 is 1.43 Å². The Hall–Kier alpha value is -0.191. The van der Waals surface area contributed by atoms with E-state index >= 15 is 0 Å². The molecule has 3 nitrogen and oxygen atoms in total. The van der Waals surface area contributed by atoms with Gasteiger partial charge in [-0.25, -0.2) is 0 Å². The van der Waals surface area contributed by atoms with Crippen molar-refractivity contribution in [3.05, 3.63) is 0 Å². The fourth-order valence-corrected chi connectivity index (χ4v) is 8.47. The molecule has 0 unspecified atom stereocenters. The van der Waals surface area contributed by atoms with Gasteiger partial charge in [0.05, 0.1) is 0 Å². The van der Waals surface area contributed by atoms with E-state index in [1.54, 1.807) is 0 Å². The average Bonchev–Trinajstić information content (AvgIpc) is 2.19. The largest absolute Gasteiger partial charge is 1.00 e. The number of carbonyl (C=O) groups excluding carboxylic acids is 3. The molecule has 0 heterocycles. The summed E-state index contributed by atoms with van der Waals surface area (Å²) in [6.45, 7) is 5.73. The predicted molar refractivity (Wildman–Crippen MR) is 66.6 cm³/mol. The molecule has 0 rings (SSSR count). The summed E-state index contributed by atoms with van der Waals surface area (Å²) in [6.07, 6.45) is 3.46. The van der Waals surface area contributed by atoms with Gasteiger partial charge in [0.15, 0.2) is 0 Å². The molecule has 0 saturated carbocycles. The van der Waals surface area contributed by atoms with E-state index in [0.29, 0.717) is 19.3 Å². The minimum atomic E-state index is -3.12. The first kappa shape index (κ1) is 15.8. The molecule has 0 aromatic rings. The van der Waals surface area contributed by atoms with E-state index in [-0.39, 0.29) is 12.8 Å². The van der Waals surface area contributed by atoms with Crippen molar-refractivity contribution >= 4 is 31.2 Å². The topological polar surface area (TPSA) is 51.2 Å². The minimum absolute atomic E-state index is 0. The van der Waals surface area contributed by atoms with Gasteiger partial charge in [-0.2, -0.15) is 0 Å². The summed E-state index contributed by atoms with van der Waals surface area (Å²) in [5.74, 6) is 0. The van der Waals surface area contributed by atoms with Gasteiger partial charge in [-0.1, -0.05) is 0 Å². The Morgan fingerprint density at radius 1 is 0.750 bits per heavy atom. The second-order valence-corrected chi connectivity index (χ2v) is 10.8. The quantitative estimate of drug-likeness (QED) is 0.609. The summed E-state index contributed by atoms with van der Waals surface area (Å²) in [5, 5.41) is 0. The van der Waals surface area contributed by atoms with Crippen LogP contribution in [0.2, 0.25) is 0 Å². The van der Waals surface area contributed by atoms with E-state index in [4.69, 9.17) is 0 Å². The number of carbonyl (C=O) groups is 3. The third-order valence-corrected chi connectivity index (χ3v) is 9.18. The Labute approximate surface area is 106 Å². The van der Waals surface area contributed by atoms with Crippen LogP contribution in [0, 0.1) is 0 Å². The molecule has 93 valence electrons. The van der Waals surface area contributed by atoms with Crippen LogP contribution >= 0.6 is 0 Å². The Bertz CT molecular complexity index is 224. The molecule has 0 aromatic heterocycles. The van der Waals surface area contributed by atoms with Crippen LogP contribution in [0.15, 0.2) is 0 Å². The van der Waals surface area contributed by atoms with Gasteiger partial charge in [-0.05, 0) is 0 Å². The van der Waals surface area contributed by atoms with Crippen LogP contribution in [0.3, 0.4) is 0 Å². The average molecular weight is 333 g/mol. The zero-order valence-electron chi connectivity index (χ0n) is 11.5. The summed E-state index contributed by atoms with van der Waals surface area (Å²) in [5.41, 5.74) is 0. The third-order valence-electron chi connectivity index (χ3n) is 2.27. The van der Waals surface area contributed by atoms with Crippen LogP contribution in [0.1, 0.15) is 60.7 Å². The first-order chi connectivity index (χ1) is 7.58. The predicted octanol–water partition coefficient (Wildman–Crippen LogP) is 2.32. The Kier molecular flexibility index (Phi) is 8.80. The van der Waals surface area contributed by atoms with Crippen LogP contribution < -0.4 is 0 Å². The molecular weight excluding hydrogens is 311 g/mol. The van der Waals surface area contributed by atoms with Gasteiger partial charge in [-0.3, -0.25) is 0 Å². The summed E-state index contributed by atoms with van der Waals surface area (Å²) >= 11 is -3.12. The van der Waals surface area contributed by atoms with E-state index in [9.17, 15) is 14.4 Å². The van der Waals surface area contributed by atoms with Gasteiger partial charge in [0, 0.05) is 0 Å². The van der Waals surface area contributed by atoms with Crippen LogP contribution in [0.25, 0.3) is 0 Å². The van der Waals surface area contributed by atoms with Crippen LogP contribution in [0.5, 0.6) is 0 Å². The van der Waals surface area contributed by atoms with Crippen molar-refractivity contribution in [3.8, 4) is 0 Å². The first-order valence-corrected chi connectivity index (χ1v) is 10.3. The van der Waals surface area contributed by atoms with E-state index < -0.39 is 19.8 Å². The number of hydrogen-bond acceptors (Lipinski definition) is 3. The maximum atomic E-state index is 11.8. The van der Waals surface area contributed by atoms with Crippen LogP contribution in [0.4, 0.5) is 0 Å². The zero-order valence-corrected chi connectivity index (χ0v) is 13.3. The maximum absolute atomic E-state index is 11.8. The second kappa shape index (κ2) is 8.90. The molecule has 0 saturated heterocycles. The van der Waals surface area contributed by atoms with Gasteiger partial charge in [-0.15, -0.1) is 0 Å². The molecule has 0 N–H and O–H groups in total. The smallest absolute Gasteiger partial charge is 1.00 e. The van der Waals surface area contributed by atoms with Crippen molar-refractivity contribution in [2.75, 3.05) is 0 Å². The van der Waals surface area contributed by atoms with E-state index in [1.165, 1.54) is 0 Å². The van der Waals surface area contributed by atoms with Gasteiger partial charge in [0.2, 0.25) is 0 Å². The fourth-order valence-electron chi connectivity index (χ4n) is 1.52. The summed E-state index contributed by atoms with van der Waals surface area (Å²) < 4.78 is 0.00500. The standard InChI is InChI=1S/3C4H7O.Sn.H/c3*1-2-3-4-5;;/h3*2-3H2,1H3;;/q;;;;-1. The summed E-state index contributed by atoms with van der Waals surface area (Å²) in [7, 11) is 0. The summed E-state index contributed by atoms with van der Waals surface area (Å²) in [6, 6.07) is 0. The van der Waals surface area contributed by atoms with Crippen LogP contribution in [-0.4, -0.2) is 31.2 Å². The van der Waals surface area contributed by atoms with Crippen molar-refractivity contribution < 1.29 is 15.8 Å². The second-order valence-electron chi connectivity index (χ2n) is 3.89. The van der Waals surface area contributed by atoms with E-state index in [1.807, 2.05) is 20.8 Å². The maximum Gasteiger partial charge on any atom is -1.00 e. The molecule has 0 aliphatic heterocycles. The molecule has 0 aromatic carbocycles. The minimum Gasteiger partial charge on any atom is -1.00 e. The molecule has 0 atom stereocenters. The number of rotatable bonds is 9. The van der Waals surface area contributed by atoms with Gasteiger partial charge in [0.1, 0.15) is 0 Å². The normalized spacial score (nSPS) is 10.5. The van der Waals surface area contributed by atoms with E-state index in [2.05, 4.69) is 0 Å². The zero-order chi connectivity index (χ0) is 12.6. The third kappa shape index (κ3) is 5.23. The van der Waals surface area contributed by atoms with Crippen molar-refractivity contribution in [1.29, 1.82) is 0 Å². The van der Waals surface area contributed by atoms with Gasteiger partial charge in [0.25, 0.3) is 0 Å². The van der Waals surface area contributed by atoms with E-state index in [0.717, 1.165) is 19.3 Å². The Morgan fingerprint density at radius 2 is 1.00 bits per heavy atom. The Morgan fingerprint density at radius 3 is 1.19 bits per heavy atom. The molecule has 0 spiro atoms. The molecule has 0 bridgehead atoms. The molecule has 0 fully saturated rings. The van der Waals surface area contributed by atoms with Gasteiger partial charge >= 0.3 is 105 Å². The SMILES string of the molecule is CCC[C](=O)[Sn]([C](=O)CCC)[C](=O)CCC.[H-]. The molecule has 0 aliphatic rings. The molecule has 16 heavy (non-hydrogen) atoms. The molecular formula is C12H22O3Sn-. The molecule has 0 aliphatic carbocycles. The Balaban J connectivity index is 0. The van der Waals surface area contributed by atoms with Crippen LogP contribution in [-0.2, 0) is 14.4 Å². The first-order valence-electron chi connectivity index (χ1n) is 6.04. The van der Waals surface area contributed by atoms with Crippen molar-refractivity contribution in [3.63, 3.8) is 0 Å². The van der Waals surface area contributed by atoms with Crippen molar-refractivity contribution in [1.82, 2.24) is 0 Å². The monoisotopic (exact) mass is 334 g/mol. The molecule has 4 heteroatoms. The molecule has 1 radical (unpaired) electrons. The number of hydrogen-bond donors (Lipinski definition) is 0. The van der Waals surface area contributed by atoms with Crippen molar-refractivity contribution in [2.45, 2.75) is 59.3 Å². The fraction of sp³-hybridized carbons (Fsp3) is 0.750. The van der Waals surface area contributed by atoms with Crippen molar-refractivity contribution in [2.24, 2.45) is 0 Å².